The first-order valence-electron chi connectivity index (χ1n) is 9.58. The predicted molar refractivity (Wildman–Crippen MR) is 121 cm³/mol. The highest BCUT2D eigenvalue weighted by Gasteiger charge is 2.32. The third-order valence-corrected chi connectivity index (χ3v) is 4.84. The second-order valence-electron chi connectivity index (χ2n) is 7.49. The van der Waals surface area contributed by atoms with Gasteiger partial charge in [0.25, 0.3) is 0 Å². The molecule has 0 amide bonds. The molecule has 5 nitrogen and oxygen atoms in total. The number of hydrogen-bond donors (Lipinski definition) is 2. The minimum Gasteiger partial charge on any atom is -0.369 e. The van der Waals surface area contributed by atoms with Crippen molar-refractivity contribution in [1.29, 1.82) is 0 Å². The second-order valence-corrected chi connectivity index (χ2v) is 7.49. The lowest BCUT2D eigenvalue weighted by atomic mass is 10.0. The van der Waals surface area contributed by atoms with Gasteiger partial charge in [0.1, 0.15) is 5.66 Å². The van der Waals surface area contributed by atoms with E-state index < -0.39 is 5.66 Å². The number of benzene rings is 2. The number of unbranched alkanes of at least 4 members (excludes halogenated alkanes) is 2. The Balaban J connectivity index is 0.00000280. The van der Waals surface area contributed by atoms with Gasteiger partial charge in [-0.15, -0.1) is 12.4 Å². The largest absolute Gasteiger partial charge is 0.369 e. The number of nitrogens with zero attached hydrogens (tertiary/aromatic N) is 3. The highest BCUT2D eigenvalue weighted by Crippen LogP contribution is 2.28. The molecule has 28 heavy (non-hydrogen) atoms. The van der Waals surface area contributed by atoms with E-state index in [1.54, 1.807) is 0 Å². The number of guanidine groups is 2. The molecule has 2 aromatic rings. The van der Waals surface area contributed by atoms with Gasteiger partial charge in [-0.25, -0.2) is 4.99 Å². The average Bonchev–Trinajstić information content (AvgIpc) is 2.61. The van der Waals surface area contributed by atoms with E-state index in [1.807, 2.05) is 24.8 Å². The van der Waals surface area contributed by atoms with Gasteiger partial charge in [-0.05, 0) is 62.8 Å². The molecule has 0 spiro atoms. The Labute approximate surface area is 174 Å². The van der Waals surface area contributed by atoms with Crippen LogP contribution in [0.2, 0.25) is 0 Å². The molecule has 0 unspecified atom stereocenters. The van der Waals surface area contributed by atoms with Gasteiger partial charge in [-0.3, -0.25) is 4.90 Å². The van der Waals surface area contributed by atoms with E-state index in [1.165, 1.54) is 30.4 Å². The summed E-state index contributed by atoms with van der Waals surface area (Å²) in [4.78, 5) is 10.5. The van der Waals surface area contributed by atoms with Crippen LogP contribution < -0.4 is 16.4 Å². The van der Waals surface area contributed by atoms with E-state index in [2.05, 4.69) is 58.5 Å². The quantitative estimate of drug-likeness (QED) is 0.683. The second kappa shape index (κ2) is 9.60. The Morgan fingerprint density at radius 2 is 1.50 bits per heavy atom. The Morgan fingerprint density at radius 3 is 2.18 bits per heavy atom. The smallest absolute Gasteiger partial charge is 0.220 e. The molecule has 4 N–H and O–H groups in total. The molecule has 0 saturated heterocycles. The molecule has 2 aromatic carbocycles. The third kappa shape index (κ3) is 5.49. The molecule has 0 aromatic heterocycles. The summed E-state index contributed by atoms with van der Waals surface area (Å²) in [5, 5.41) is 0. The minimum absolute atomic E-state index is 0. The van der Waals surface area contributed by atoms with E-state index >= 15 is 0 Å². The number of aryl methyl sites for hydroxylation is 2. The van der Waals surface area contributed by atoms with E-state index in [0.717, 1.165) is 18.5 Å². The SMILES string of the molecule is CC1(C)N=C(N)N=C(N)N1c1cccc(CCCCCc2ccccc2)c1.Cl. The Bertz CT molecular complexity index is 830. The zero-order valence-electron chi connectivity index (χ0n) is 16.6. The fourth-order valence-electron chi connectivity index (χ4n) is 3.58. The van der Waals surface area contributed by atoms with Crippen LogP contribution in [0.3, 0.4) is 0 Å². The molecular weight excluding hydrogens is 370 g/mol. The van der Waals surface area contributed by atoms with Crippen molar-refractivity contribution in [3.63, 3.8) is 0 Å². The van der Waals surface area contributed by atoms with Crippen molar-refractivity contribution >= 4 is 30.0 Å². The minimum atomic E-state index is -0.551. The molecule has 3 rings (SSSR count). The molecule has 0 radical (unpaired) electrons. The van der Waals surface area contributed by atoms with Crippen LogP contribution in [0, 0.1) is 0 Å². The summed E-state index contributed by atoms with van der Waals surface area (Å²) >= 11 is 0. The zero-order valence-corrected chi connectivity index (χ0v) is 17.5. The third-order valence-electron chi connectivity index (χ3n) is 4.84. The van der Waals surface area contributed by atoms with Crippen LogP contribution in [0.4, 0.5) is 5.69 Å². The van der Waals surface area contributed by atoms with Crippen LogP contribution in [0.15, 0.2) is 64.6 Å². The molecular formula is C22H30ClN5. The van der Waals surface area contributed by atoms with E-state index in [9.17, 15) is 0 Å². The van der Waals surface area contributed by atoms with Crippen molar-refractivity contribution in [2.24, 2.45) is 21.5 Å². The summed E-state index contributed by atoms with van der Waals surface area (Å²) in [6, 6.07) is 19.1. The molecule has 0 atom stereocenters. The zero-order chi connectivity index (χ0) is 19.3. The van der Waals surface area contributed by atoms with Gasteiger partial charge in [0.05, 0.1) is 0 Å². The Hall–Kier alpha value is -2.53. The molecule has 0 bridgehead atoms. The molecule has 1 aliphatic rings. The van der Waals surface area contributed by atoms with Gasteiger partial charge >= 0.3 is 0 Å². The Kier molecular flexibility index (Phi) is 7.46. The molecule has 0 saturated carbocycles. The summed E-state index contributed by atoms with van der Waals surface area (Å²) in [6.07, 6.45) is 5.82. The van der Waals surface area contributed by atoms with Gasteiger partial charge in [-0.1, -0.05) is 48.9 Å². The maximum atomic E-state index is 6.14. The fraction of sp³-hybridized carbons (Fsp3) is 0.364. The number of aliphatic imine (C=N–C) groups is 2. The molecule has 6 heteroatoms. The van der Waals surface area contributed by atoms with Crippen LogP contribution in [0.5, 0.6) is 0 Å². The summed E-state index contributed by atoms with van der Waals surface area (Å²) in [7, 11) is 0. The number of hydrogen-bond acceptors (Lipinski definition) is 5. The van der Waals surface area contributed by atoms with Crippen LogP contribution in [0.25, 0.3) is 0 Å². The normalized spacial score (nSPS) is 15.4. The number of halogens is 1. The first-order chi connectivity index (χ1) is 13.0. The topological polar surface area (TPSA) is 80.0 Å². The lowest BCUT2D eigenvalue weighted by Crippen LogP contribution is -2.54. The van der Waals surface area contributed by atoms with Crippen molar-refractivity contribution in [2.75, 3.05) is 4.90 Å². The lowest BCUT2D eigenvalue weighted by molar-refractivity contribution is 0.533. The lowest BCUT2D eigenvalue weighted by Gasteiger charge is -2.38. The average molecular weight is 400 g/mol. The summed E-state index contributed by atoms with van der Waals surface area (Å²) in [6.45, 7) is 3.97. The highest BCUT2D eigenvalue weighted by atomic mass is 35.5. The number of rotatable bonds is 7. The maximum absolute atomic E-state index is 6.14. The summed E-state index contributed by atoms with van der Waals surface area (Å²) in [5.41, 5.74) is 15.1. The summed E-state index contributed by atoms with van der Waals surface area (Å²) < 4.78 is 0. The molecule has 150 valence electrons. The predicted octanol–water partition coefficient (Wildman–Crippen LogP) is 4.25. The monoisotopic (exact) mass is 399 g/mol. The Morgan fingerprint density at radius 1 is 0.857 bits per heavy atom. The van der Waals surface area contributed by atoms with Crippen molar-refractivity contribution in [2.45, 2.75) is 51.6 Å². The van der Waals surface area contributed by atoms with Gasteiger partial charge in [0.2, 0.25) is 11.9 Å². The van der Waals surface area contributed by atoms with E-state index in [4.69, 9.17) is 11.5 Å². The van der Waals surface area contributed by atoms with Gasteiger partial charge in [-0.2, -0.15) is 4.99 Å². The van der Waals surface area contributed by atoms with Crippen LogP contribution in [-0.2, 0) is 12.8 Å². The van der Waals surface area contributed by atoms with Gasteiger partial charge in [0, 0.05) is 5.69 Å². The summed E-state index contributed by atoms with van der Waals surface area (Å²) in [5.74, 6) is 0.607. The number of nitrogens with two attached hydrogens (primary N) is 2. The van der Waals surface area contributed by atoms with Gasteiger partial charge < -0.3 is 11.5 Å². The maximum Gasteiger partial charge on any atom is 0.220 e. The van der Waals surface area contributed by atoms with Crippen LogP contribution >= 0.6 is 12.4 Å². The van der Waals surface area contributed by atoms with Crippen molar-refractivity contribution in [1.82, 2.24) is 0 Å². The molecule has 1 heterocycles. The number of anilines is 1. The van der Waals surface area contributed by atoms with Crippen LogP contribution in [0.1, 0.15) is 44.2 Å². The first-order valence-corrected chi connectivity index (χ1v) is 9.58. The van der Waals surface area contributed by atoms with E-state index in [-0.39, 0.29) is 18.4 Å². The molecule has 0 aliphatic carbocycles. The first kappa shape index (κ1) is 21.8. The van der Waals surface area contributed by atoms with Crippen molar-refractivity contribution < 1.29 is 0 Å². The van der Waals surface area contributed by atoms with Crippen molar-refractivity contribution in [3.05, 3.63) is 65.7 Å². The van der Waals surface area contributed by atoms with E-state index in [0.29, 0.717) is 5.96 Å². The van der Waals surface area contributed by atoms with Crippen molar-refractivity contribution in [3.8, 4) is 0 Å². The molecule has 0 fully saturated rings. The fourth-order valence-corrected chi connectivity index (χ4v) is 3.58. The molecule has 1 aliphatic heterocycles. The van der Waals surface area contributed by atoms with Gasteiger partial charge in [0.15, 0.2) is 0 Å². The van der Waals surface area contributed by atoms with Crippen LogP contribution in [-0.4, -0.2) is 17.6 Å². The highest BCUT2D eigenvalue weighted by molar-refractivity contribution is 6.05. The standard InChI is InChI=1S/C22H29N5.ClH/c1-22(2)26-20(23)25-21(24)27(22)19-15-9-14-18(16-19)13-8-4-7-12-17-10-5-3-6-11-17;/h3,5-6,9-11,14-16H,4,7-8,12-13H2,1-2H3,(H4,23,24,25,26);1H.